The highest BCUT2D eigenvalue weighted by Gasteiger charge is 2.22. The average Bonchev–Trinajstić information content (AvgIpc) is 2.79. The van der Waals surface area contributed by atoms with Crippen molar-refractivity contribution in [1.29, 1.82) is 0 Å². The van der Waals surface area contributed by atoms with E-state index in [-0.39, 0.29) is 5.97 Å². The Bertz CT molecular complexity index is 454. The van der Waals surface area contributed by atoms with Crippen LogP contribution in [0.3, 0.4) is 0 Å². The number of carbonyl (C=O) groups is 1. The Morgan fingerprint density at radius 3 is 3.10 bits per heavy atom. The SMILES string of the molecule is CNCC1CCCN(Cc2cc(C(=O)OC)c(C)o2)C1. The second-order valence-corrected chi connectivity index (χ2v) is 5.48. The van der Waals surface area contributed by atoms with Gasteiger partial charge in [0, 0.05) is 6.54 Å². The predicted octanol–water partition coefficient (Wildman–Crippen LogP) is 1.81. The van der Waals surface area contributed by atoms with Gasteiger partial charge in [0.1, 0.15) is 17.1 Å². The van der Waals surface area contributed by atoms with Crippen LogP contribution in [0.1, 0.15) is 34.7 Å². The summed E-state index contributed by atoms with van der Waals surface area (Å²) in [6.07, 6.45) is 2.50. The summed E-state index contributed by atoms with van der Waals surface area (Å²) in [6.45, 7) is 5.79. The first kappa shape index (κ1) is 15.1. The van der Waals surface area contributed by atoms with Gasteiger partial charge in [0.05, 0.1) is 13.7 Å². The van der Waals surface area contributed by atoms with E-state index in [1.807, 2.05) is 13.1 Å². The lowest BCUT2D eigenvalue weighted by atomic mass is 9.98. The molecular formula is C15H24N2O3. The van der Waals surface area contributed by atoms with Gasteiger partial charge in [0.15, 0.2) is 0 Å². The zero-order chi connectivity index (χ0) is 14.5. The molecule has 1 aromatic rings. The molecule has 112 valence electrons. The van der Waals surface area contributed by atoms with Gasteiger partial charge in [-0.25, -0.2) is 4.79 Å². The molecule has 0 amide bonds. The first-order chi connectivity index (χ1) is 9.63. The molecule has 20 heavy (non-hydrogen) atoms. The number of methoxy groups -OCH3 is 1. The number of furan rings is 1. The third-order valence-corrected chi connectivity index (χ3v) is 3.85. The lowest BCUT2D eigenvalue weighted by Crippen LogP contribution is -2.38. The second kappa shape index (κ2) is 6.90. The van der Waals surface area contributed by atoms with E-state index in [0.717, 1.165) is 31.9 Å². The molecule has 1 aromatic heterocycles. The van der Waals surface area contributed by atoms with Crippen LogP contribution >= 0.6 is 0 Å². The van der Waals surface area contributed by atoms with Crippen LogP contribution in [0, 0.1) is 12.8 Å². The van der Waals surface area contributed by atoms with Crippen LogP contribution in [0.4, 0.5) is 0 Å². The van der Waals surface area contributed by atoms with Crippen LogP contribution in [0.25, 0.3) is 0 Å². The van der Waals surface area contributed by atoms with Gasteiger partial charge in [-0.15, -0.1) is 0 Å². The van der Waals surface area contributed by atoms with Crippen molar-refractivity contribution in [3.63, 3.8) is 0 Å². The Balaban J connectivity index is 1.97. The summed E-state index contributed by atoms with van der Waals surface area (Å²) in [6, 6.07) is 1.81. The van der Waals surface area contributed by atoms with E-state index >= 15 is 0 Å². The van der Waals surface area contributed by atoms with Crippen LogP contribution in [-0.2, 0) is 11.3 Å². The molecule has 2 rings (SSSR count). The average molecular weight is 280 g/mol. The minimum absolute atomic E-state index is 0.329. The minimum Gasteiger partial charge on any atom is -0.465 e. The van der Waals surface area contributed by atoms with E-state index in [9.17, 15) is 4.79 Å². The van der Waals surface area contributed by atoms with Crippen molar-refractivity contribution in [2.24, 2.45) is 5.92 Å². The Kier molecular flexibility index (Phi) is 5.20. The quantitative estimate of drug-likeness (QED) is 0.834. The van der Waals surface area contributed by atoms with Crippen molar-refractivity contribution < 1.29 is 13.9 Å². The van der Waals surface area contributed by atoms with Crippen molar-refractivity contribution >= 4 is 5.97 Å². The summed E-state index contributed by atoms with van der Waals surface area (Å²) in [5.41, 5.74) is 0.534. The maximum atomic E-state index is 11.6. The van der Waals surface area contributed by atoms with E-state index in [2.05, 4.69) is 10.2 Å². The topological polar surface area (TPSA) is 54.7 Å². The molecular weight excluding hydrogens is 256 g/mol. The highest BCUT2D eigenvalue weighted by molar-refractivity contribution is 5.90. The Morgan fingerprint density at radius 1 is 1.60 bits per heavy atom. The van der Waals surface area contributed by atoms with Crippen molar-refractivity contribution in [3.8, 4) is 0 Å². The first-order valence-electron chi connectivity index (χ1n) is 7.18. The molecule has 0 saturated carbocycles. The number of nitrogens with zero attached hydrogens (tertiary/aromatic N) is 1. The molecule has 5 heteroatoms. The molecule has 1 aliphatic heterocycles. The van der Waals surface area contributed by atoms with E-state index in [1.165, 1.54) is 20.0 Å². The molecule has 1 N–H and O–H groups in total. The summed E-state index contributed by atoms with van der Waals surface area (Å²) < 4.78 is 10.4. The standard InChI is InChI=1S/C15H24N2O3/c1-11-14(15(18)19-3)7-13(20-11)10-17-6-4-5-12(9-17)8-16-2/h7,12,16H,4-6,8-10H2,1-3H3. The maximum absolute atomic E-state index is 11.6. The first-order valence-corrected chi connectivity index (χ1v) is 7.18. The number of likely N-dealkylation sites (tertiary alicyclic amines) is 1. The van der Waals surface area contributed by atoms with Gasteiger partial charge in [-0.1, -0.05) is 0 Å². The Morgan fingerprint density at radius 2 is 2.40 bits per heavy atom. The lowest BCUT2D eigenvalue weighted by Gasteiger charge is -2.31. The summed E-state index contributed by atoms with van der Waals surface area (Å²) in [7, 11) is 3.39. The third kappa shape index (κ3) is 3.61. The van der Waals surface area contributed by atoms with E-state index in [0.29, 0.717) is 17.2 Å². The van der Waals surface area contributed by atoms with E-state index < -0.39 is 0 Å². The van der Waals surface area contributed by atoms with Crippen LogP contribution < -0.4 is 5.32 Å². The maximum Gasteiger partial charge on any atom is 0.341 e. The van der Waals surface area contributed by atoms with Crippen LogP contribution in [-0.4, -0.2) is 44.7 Å². The van der Waals surface area contributed by atoms with Crippen LogP contribution in [0.5, 0.6) is 0 Å². The van der Waals surface area contributed by atoms with E-state index in [4.69, 9.17) is 9.15 Å². The lowest BCUT2D eigenvalue weighted by molar-refractivity contribution is 0.0599. The molecule has 5 nitrogen and oxygen atoms in total. The van der Waals surface area contributed by atoms with Gasteiger partial charge < -0.3 is 14.5 Å². The zero-order valence-corrected chi connectivity index (χ0v) is 12.6. The number of esters is 1. The van der Waals surface area contributed by atoms with Gasteiger partial charge >= 0.3 is 5.97 Å². The number of carbonyl (C=O) groups excluding carboxylic acids is 1. The largest absolute Gasteiger partial charge is 0.465 e. The van der Waals surface area contributed by atoms with Crippen molar-refractivity contribution in [3.05, 3.63) is 23.2 Å². The van der Waals surface area contributed by atoms with Gasteiger partial charge in [-0.2, -0.15) is 0 Å². The van der Waals surface area contributed by atoms with Gasteiger partial charge in [-0.3, -0.25) is 4.90 Å². The predicted molar refractivity (Wildman–Crippen MR) is 76.7 cm³/mol. The zero-order valence-electron chi connectivity index (χ0n) is 12.6. The summed E-state index contributed by atoms with van der Waals surface area (Å²) in [4.78, 5) is 14.0. The molecule has 2 heterocycles. The molecule has 1 saturated heterocycles. The summed E-state index contributed by atoms with van der Waals surface area (Å²) >= 11 is 0. The number of hydrogen-bond donors (Lipinski definition) is 1. The number of hydrogen-bond acceptors (Lipinski definition) is 5. The van der Waals surface area contributed by atoms with Gasteiger partial charge in [0.25, 0.3) is 0 Å². The van der Waals surface area contributed by atoms with Crippen molar-refractivity contribution in [1.82, 2.24) is 10.2 Å². The molecule has 1 aliphatic rings. The number of ether oxygens (including phenoxy) is 1. The molecule has 0 radical (unpaired) electrons. The molecule has 0 bridgehead atoms. The Labute approximate surface area is 120 Å². The number of rotatable bonds is 5. The molecule has 1 fully saturated rings. The third-order valence-electron chi connectivity index (χ3n) is 3.85. The molecule has 0 aliphatic carbocycles. The van der Waals surface area contributed by atoms with Crippen molar-refractivity contribution in [2.75, 3.05) is 33.8 Å². The summed E-state index contributed by atoms with van der Waals surface area (Å²) in [5, 5.41) is 3.25. The minimum atomic E-state index is -0.329. The number of piperidine rings is 1. The fourth-order valence-electron chi connectivity index (χ4n) is 2.90. The monoisotopic (exact) mass is 280 g/mol. The molecule has 1 atom stereocenters. The second-order valence-electron chi connectivity index (χ2n) is 5.48. The smallest absolute Gasteiger partial charge is 0.341 e. The molecule has 0 aromatic carbocycles. The highest BCUT2D eigenvalue weighted by atomic mass is 16.5. The van der Waals surface area contributed by atoms with Gasteiger partial charge in [-0.05, 0) is 51.9 Å². The molecule has 0 spiro atoms. The molecule has 1 unspecified atom stereocenters. The van der Waals surface area contributed by atoms with E-state index in [1.54, 1.807) is 6.92 Å². The van der Waals surface area contributed by atoms with Crippen molar-refractivity contribution in [2.45, 2.75) is 26.3 Å². The summed E-state index contributed by atoms with van der Waals surface area (Å²) in [5.74, 6) is 1.85. The number of nitrogens with one attached hydrogen (secondary N) is 1. The van der Waals surface area contributed by atoms with Crippen LogP contribution in [0.2, 0.25) is 0 Å². The van der Waals surface area contributed by atoms with Gasteiger partial charge in [0.2, 0.25) is 0 Å². The fourth-order valence-corrected chi connectivity index (χ4v) is 2.90. The fraction of sp³-hybridized carbons (Fsp3) is 0.667. The Hall–Kier alpha value is -1.33. The normalized spacial score (nSPS) is 20.1. The van der Waals surface area contributed by atoms with Crippen LogP contribution in [0.15, 0.2) is 10.5 Å². The highest BCUT2D eigenvalue weighted by Crippen LogP contribution is 2.21. The number of aryl methyl sites for hydroxylation is 1.